The van der Waals surface area contributed by atoms with Gasteiger partial charge < -0.3 is 0 Å². The lowest BCUT2D eigenvalue weighted by atomic mass is 10.1. The van der Waals surface area contributed by atoms with Crippen molar-refractivity contribution in [2.75, 3.05) is 0 Å². The van der Waals surface area contributed by atoms with Gasteiger partial charge in [-0.15, -0.1) is 11.3 Å². The van der Waals surface area contributed by atoms with Gasteiger partial charge in [-0.25, -0.2) is 13.4 Å². The largest absolute Gasteiger partial charge is 0.241 e. The molecule has 0 radical (unpaired) electrons. The van der Waals surface area contributed by atoms with Crippen LogP contribution in [0.3, 0.4) is 0 Å². The highest BCUT2D eigenvalue weighted by Gasteiger charge is 2.24. The molecule has 3 rings (SSSR count). The summed E-state index contributed by atoms with van der Waals surface area (Å²) < 4.78 is 23.1. The maximum atomic E-state index is 11.6. The Morgan fingerprint density at radius 3 is 2.78 bits per heavy atom. The smallest absolute Gasteiger partial charge is 0.158 e. The van der Waals surface area contributed by atoms with Gasteiger partial charge in [0.25, 0.3) is 0 Å². The first kappa shape index (κ1) is 11.9. The first-order chi connectivity index (χ1) is 8.57. The minimum absolute atomic E-state index is 0.168. The van der Waals surface area contributed by atoms with E-state index in [0.717, 1.165) is 33.8 Å². The maximum absolute atomic E-state index is 11.6. The van der Waals surface area contributed by atoms with Gasteiger partial charge in [-0.1, -0.05) is 19.1 Å². The fourth-order valence-corrected chi connectivity index (χ4v) is 4.55. The Morgan fingerprint density at radius 2 is 2.06 bits per heavy atom. The number of aryl methyl sites for hydroxylation is 1. The lowest BCUT2D eigenvalue weighted by Crippen LogP contribution is -1.95. The fourth-order valence-electron chi connectivity index (χ4n) is 2.19. The molecule has 5 heteroatoms. The third-order valence-electron chi connectivity index (χ3n) is 3.11. The van der Waals surface area contributed by atoms with Crippen LogP contribution in [0, 0.1) is 0 Å². The molecule has 1 aromatic carbocycles. The number of hydrogen-bond acceptors (Lipinski definition) is 4. The summed E-state index contributed by atoms with van der Waals surface area (Å²) in [5.41, 5.74) is 3.83. The van der Waals surface area contributed by atoms with Gasteiger partial charge in [0.2, 0.25) is 0 Å². The highest BCUT2D eigenvalue weighted by Crippen LogP contribution is 2.30. The normalized spacial score (nSPS) is 16.7. The molecule has 3 nitrogen and oxygen atoms in total. The van der Waals surface area contributed by atoms with E-state index < -0.39 is 9.84 Å². The van der Waals surface area contributed by atoms with E-state index >= 15 is 0 Å². The number of fused-ring (bicyclic) bond motifs is 1. The fraction of sp³-hybridized carbons (Fsp3) is 0.308. The molecule has 0 unspecified atom stereocenters. The van der Waals surface area contributed by atoms with Gasteiger partial charge in [0.05, 0.1) is 22.2 Å². The van der Waals surface area contributed by atoms with Crippen molar-refractivity contribution in [2.45, 2.75) is 24.9 Å². The molecule has 0 amide bonds. The summed E-state index contributed by atoms with van der Waals surface area (Å²) in [6.45, 7) is 2.08. The minimum Gasteiger partial charge on any atom is -0.241 e. The second-order valence-corrected chi connectivity index (χ2v) is 7.50. The first-order valence-electron chi connectivity index (χ1n) is 5.84. The van der Waals surface area contributed by atoms with Crippen LogP contribution >= 0.6 is 11.3 Å². The Morgan fingerprint density at radius 1 is 1.28 bits per heavy atom. The van der Waals surface area contributed by atoms with Crippen molar-refractivity contribution in [1.29, 1.82) is 0 Å². The van der Waals surface area contributed by atoms with E-state index in [0.29, 0.717) is 0 Å². The average Bonchev–Trinajstić information content (AvgIpc) is 2.89. The molecule has 2 aromatic rings. The Bertz CT molecular complexity index is 702. The third-order valence-corrected chi connectivity index (χ3v) is 5.60. The number of sulfone groups is 1. The van der Waals surface area contributed by atoms with Gasteiger partial charge >= 0.3 is 0 Å². The van der Waals surface area contributed by atoms with Crippen molar-refractivity contribution in [3.8, 4) is 11.3 Å². The molecule has 0 spiro atoms. The van der Waals surface area contributed by atoms with Gasteiger partial charge in [0.15, 0.2) is 9.84 Å². The van der Waals surface area contributed by atoms with Gasteiger partial charge in [-0.05, 0) is 23.6 Å². The minimum atomic E-state index is -2.92. The monoisotopic (exact) mass is 279 g/mol. The molecule has 2 heterocycles. The molecule has 94 valence electrons. The molecule has 0 fully saturated rings. The Balaban J connectivity index is 2.01. The van der Waals surface area contributed by atoms with Crippen molar-refractivity contribution in [1.82, 2.24) is 4.98 Å². The molecule has 18 heavy (non-hydrogen) atoms. The quantitative estimate of drug-likeness (QED) is 0.849. The zero-order valence-corrected chi connectivity index (χ0v) is 11.6. The zero-order chi connectivity index (χ0) is 12.8. The van der Waals surface area contributed by atoms with Crippen LogP contribution in [-0.2, 0) is 27.8 Å². The predicted octanol–water partition coefficient (Wildman–Crippen LogP) is 2.80. The van der Waals surface area contributed by atoms with Crippen molar-refractivity contribution in [2.24, 2.45) is 0 Å². The Kier molecular flexibility index (Phi) is 2.75. The van der Waals surface area contributed by atoms with E-state index in [-0.39, 0.29) is 11.5 Å². The molecular weight excluding hydrogens is 266 g/mol. The van der Waals surface area contributed by atoms with Crippen LogP contribution in [0.5, 0.6) is 0 Å². The van der Waals surface area contributed by atoms with E-state index in [1.165, 1.54) is 0 Å². The molecule has 0 N–H and O–H groups in total. The number of nitrogens with zero attached hydrogens (tertiary/aromatic N) is 1. The number of rotatable bonds is 2. The van der Waals surface area contributed by atoms with Crippen molar-refractivity contribution in [3.05, 3.63) is 39.7 Å². The van der Waals surface area contributed by atoms with E-state index in [4.69, 9.17) is 0 Å². The summed E-state index contributed by atoms with van der Waals surface area (Å²) in [5.74, 6) is 0.348. The number of thiazole rings is 1. The number of hydrogen-bond donors (Lipinski definition) is 0. The van der Waals surface area contributed by atoms with Gasteiger partial charge in [-0.2, -0.15) is 0 Å². The van der Waals surface area contributed by atoms with Crippen molar-refractivity contribution < 1.29 is 8.42 Å². The van der Waals surface area contributed by atoms with Crippen LogP contribution in [0.4, 0.5) is 0 Å². The van der Waals surface area contributed by atoms with Crippen LogP contribution < -0.4 is 0 Å². The van der Waals surface area contributed by atoms with Crippen molar-refractivity contribution >= 4 is 21.2 Å². The molecule has 1 aliphatic heterocycles. The van der Waals surface area contributed by atoms with Gasteiger partial charge in [0.1, 0.15) is 0 Å². The summed E-state index contributed by atoms with van der Waals surface area (Å²) in [4.78, 5) is 4.53. The highest BCUT2D eigenvalue weighted by molar-refractivity contribution is 7.90. The summed E-state index contributed by atoms with van der Waals surface area (Å²) >= 11 is 1.65. The predicted molar refractivity (Wildman–Crippen MR) is 73.3 cm³/mol. The Labute approximate surface area is 110 Å². The lowest BCUT2D eigenvalue weighted by Gasteiger charge is -2.00. The summed E-state index contributed by atoms with van der Waals surface area (Å²) in [7, 11) is -2.92. The second kappa shape index (κ2) is 4.17. The first-order valence-corrected chi connectivity index (χ1v) is 8.54. The topological polar surface area (TPSA) is 47.0 Å². The van der Waals surface area contributed by atoms with Crippen LogP contribution in [0.25, 0.3) is 11.3 Å². The SMILES string of the molecule is CCc1nc(-c2ccc3c(c2)CS(=O)(=O)C3)cs1. The van der Waals surface area contributed by atoms with Crippen LogP contribution in [0.1, 0.15) is 23.1 Å². The van der Waals surface area contributed by atoms with E-state index in [9.17, 15) is 8.42 Å². The number of benzene rings is 1. The standard InChI is InChI=1S/C13H13NO2S2/c1-2-13-14-12(6-17-13)9-3-4-10-7-18(15,16)8-11(10)5-9/h3-6H,2,7-8H2,1H3. The van der Waals surface area contributed by atoms with E-state index in [2.05, 4.69) is 11.9 Å². The van der Waals surface area contributed by atoms with Gasteiger partial charge in [0, 0.05) is 10.9 Å². The molecule has 0 atom stereocenters. The molecule has 1 aromatic heterocycles. The lowest BCUT2D eigenvalue weighted by molar-refractivity contribution is 0.598. The second-order valence-electron chi connectivity index (χ2n) is 4.50. The van der Waals surface area contributed by atoms with Crippen LogP contribution in [0.15, 0.2) is 23.6 Å². The summed E-state index contributed by atoms with van der Waals surface area (Å²) in [6, 6.07) is 5.85. The molecule has 0 aliphatic carbocycles. The van der Waals surface area contributed by atoms with E-state index in [1.807, 2.05) is 23.6 Å². The number of aromatic nitrogens is 1. The molecule has 0 saturated heterocycles. The average molecular weight is 279 g/mol. The van der Waals surface area contributed by atoms with E-state index in [1.54, 1.807) is 11.3 Å². The maximum Gasteiger partial charge on any atom is 0.158 e. The molecule has 1 aliphatic rings. The third kappa shape index (κ3) is 2.08. The van der Waals surface area contributed by atoms with Crippen LogP contribution in [0.2, 0.25) is 0 Å². The van der Waals surface area contributed by atoms with Crippen LogP contribution in [-0.4, -0.2) is 13.4 Å². The highest BCUT2D eigenvalue weighted by atomic mass is 32.2. The molecule has 0 bridgehead atoms. The molecular formula is C13H13NO2S2. The zero-order valence-electron chi connectivity index (χ0n) is 10.0. The van der Waals surface area contributed by atoms with Gasteiger partial charge in [-0.3, -0.25) is 0 Å². The summed E-state index contributed by atoms with van der Waals surface area (Å²) in [5, 5.41) is 3.14. The van der Waals surface area contributed by atoms with Crippen molar-refractivity contribution in [3.63, 3.8) is 0 Å². The Hall–Kier alpha value is -1.20. The molecule has 0 saturated carbocycles. The summed E-state index contributed by atoms with van der Waals surface area (Å²) in [6.07, 6.45) is 0.935.